The van der Waals surface area contributed by atoms with Gasteiger partial charge in [0.1, 0.15) is 5.82 Å². The Kier molecular flexibility index (Phi) is 3.27. The van der Waals surface area contributed by atoms with Crippen molar-refractivity contribution in [2.75, 3.05) is 0 Å². The molecule has 1 N–H and O–H groups in total. The van der Waals surface area contributed by atoms with Gasteiger partial charge < -0.3 is 4.98 Å². The maximum Gasteiger partial charge on any atom is 0.416 e. The Morgan fingerprint density at radius 1 is 1.05 bits per heavy atom. The second-order valence-corrected chi connectivity index (χ2v) is 4.87. The maximum atomic E-state index is 12.9. The quantitative estimate of drug-likeness (QED) is 0.722. The number of nitrogens with one attached hydrogen (secondary N) is 1. The number of fused-ring (bicyclic) bond motifs is 1. The predicted octanol–water partition coefficient (Wildman–Crippen LogP) is 3.54. The predicted molar refractivity (Wildman–Crippen MR) is 73.1 cm³/mol. The molecule has 114 valence electrons. The molecule has 3 nitrogen and oxygen atoms in total. The van der Waals surface area contributed by atoms with Crippen molar-refractivity contribution in [1.82, 2.24) is 9.55 Å². The zero-order valence-electron chi connectivity index (χ0n) is 11.1. The first-order chi connectivity index (χ1) is 10.3. The largest absolute Gasteiger partial charge is 0.416 e. The molecule has 0 radical (unpaired) electrons. The van der Waals surface area contributed by atoms with E-state index in [9.17, 15) is 22.4 Å². The Labute approximate surface area is 121 Å². The molecule has 3 aromatic rings. The third kappa shape index (κ3) is 2.61. The number of nitrogens with zero attached hydrogens (tertiary/aromatic N) is 1. The van der Waals surface area contributed by atoms with E-state index in [-0.39, 0.29) is 12.1 Å². The number of aromatic nitrogens is 2. The van der Waals surface area contributed by atoms with Crippen LogP contribution in [0.2, 0.25) is 0 Å². The molecule has 3 rings (SSSR count). The molecule has 1 heterocycles. The van der Waals surface area contributed by atoms with E-state index < -0.39 is 23.2 Å². The molecule has 1 aromatic heterocycles. The normalized spacial score (nSPS) is 12.0. The first-order valence-corrected chi connectivity index (χ1v) is 6.39. The van der Waals surface area contributed by atoms with Gasteiger partial charge in [-0.3, -0.25) is 4.57 Å². The fourth-order valence-corrected chi connectivity index (χ4v) is 2.26. The van der Waals surface area contributed by atoms with Crippen LogP contribution < -0.4 is 5.69 Å². The standard InChI is InChI=1S/C15H10F4N2O/c16-11-4-1-9(2-5-11)8-21-13-7-10(15(17,18)19)3-6-12(13)20-14(21)22/h1-7H,8H2,(H,20,22). The fourth-order valence-electron chi connectivity index (χ4n) is 2.26. The van der Waals surface area contributed by atoms with Gasteiger partial charge in [0.2, 0.25) is 0 Å². The number of imidazole rings is 1. The Hall–Kier alpha value is -2.57. The Morgan fingerprint density at radius 3 is 2.36 bits per heavy atom. The summed E-state index contributed by atoms with van der Waals surface area (Å²) in [5.74, 6) is -0.422. The second-order valence-electron chi connectivity index (χ2n) is 4.87. The number of aromatic amines is 1. The van der Waals surface area contributed by atoms with E-state index in [2.05, 4.69) is 4.98 Å². The number of benzene rings is 2. The van der Waals surface area contributed by atoms with Crippen molar-refractivity contribution in [2.45, 2.75) is 12.7 Å². The van der Waals surface area contributed by atoms with Crippen molar-refractivity contribution < 1.29 is 17.6 Å². The van der Waals surface area contributed by atoms with Crippen LogP contribution in [-0.4, -0.2) is 9.55 Å². The van der Waals surface area contributed by atoms with E-state index >= 15 is 0 Å². The third-order valence-electron chi connectivity index (χ3n) is 3.36. The molecule has 0 aliphatic carbocycles. The number of H-pyrrole nitrogens is 1. The van der Waals surface area contributed by atoms with Gasteiger partial charge in [0.05, 0.1) is 23.1 Å². The molecule has 0 atom stereocenters. The van der Waals surface area contributed by atoms with Crippen molar-refractivity contribution in [3.05, 3.63) is 69.9 Å². The maximum absolute atomic E-state index is 12.9. The minimum absolute atomic E-state index is 0.0560. The summed E-state index contributed by atoms with van der Waals surface area (Å²) in [5, 5.41) is 0. The van der Waals surface area contributed by atoms with Gasteiger partial charge in [-0.15, -0.1) is 0 Å². The summed E-state index contributed by atoms with van der Waals surface area (Å²) in [7, 11) is 0. The van der Waals surface area contributed by atoms with Gasteiger partial charge in [0.25, 0.3) is 0 Å². The van der Waals surface area contributed by atoms with Crippen molar-refractivity contribution in [3.8, 4) is 0 Å². The van der Waals surface area contributed by atoms with Crippen LogP contribution in [0, 0.1) is 5.82 Å². The van der Waals surface area contributed by atoms with E-state index in [0.29, 0.717) is 11.1 Å². The topological polar surface area (TPSA) is 37.8 Å². The van der Waals surface area contributed by atoms with E-state index in [1.807, 2.05) is 0 Å². The first kappa shape index (κ1) is 14.4. The lowest BCUT2D eigenvalue weighted by Crippen LogP contribution is -2.17. The van der Waals surface area contributed by atoms with E-state index in [0.717, 1.165) is 12.1 Å². The van der Waals surface area contributed by atoms with E-state index in [1.54, 1.807) is 0 Å². The van der Waals surface area contributed by atoms with Crippen LogP contribution in [-0.2, 0) is 12.7 Å². The van der Waals surface area contributed by atoms with Crippen LogP contribution in [0.25, 0.3) is 11.0 Å². The van der Waals surface area contributed by atoms with Crippen molar-refractivity contribution in [1.29, 1.82) is 0 Å². The molecule has 0 aliphatic heterocycles. The summed E-state index contributed by atoms with van der Waals surface area (Å²) in [6.07, 6.45) is -4.48. The minimum Gasteiger partial charge on any atom is -0.306 e. The lowest BCUT2D eigenvalue weighted by atomic mass is 10.2. The number of alkyl halides is 3. The van der Waals surface area contributed by atoms with Gasteiger partial charge in [-0.2, -0.15) is 13.2 Å². The number of rotatable bonds is 2. The molecule has 0 fully saturated rings. The average Bonchev–Trinajstić information content (AvgIpc) is 2.76. The van der Waals surface area contributed by atoms with Gasteiger partial charge in [-0.1, -0.05) is 12.1 Å². The SMILES string of the molecule is O=c1[nH]c2ccc(C(F)(F)F)cc2n1Cc1ccc(F)cc1. The molecule has 0 aliphatic rings. The first-order valence-electron chi connectivity index (χ1n) is 6.39. The second kappa shape index (κ2) is 5.01. The Bertz CT molecular complexity index is 875. The smallest absolute Gasteiger partial charge is 0.306 e. The molecular weight excluding hydrogens is 300 g/mol. The lowest BCUT2D eigenvalue weighted by Gasteiger charge is -2.08. The van der Waals surface area contributed by atoms with Gasteiger partial charge >= 0.3 is 11.9 Å². The highest BCUT2D eigenvalue weighted by Crippen LogP contribution is 2.30. The highest BCUT2D eigenvalue weighted by atomic mass is 19.4. The summed E-state index contributed by atoms with van der Waals surface area (Å²) >= 11 is 0. The van der Waals surface area contributed by atoms with Crippen LogP contribution in [0.1, 0.15) is 11.1 Å². The van der Waals surface area contributed by atoms with Crippen LogP contribution in [0.3, 0.4) is 0 Å². The van der Waals surface area contributed by atoms with Crippen LogP contribution >= 0.6 is 0 Å². The van der Waals surface area contributed by atoms with E-state index in [1.165, 1.54) is 34.9 Å². The third-order valence-corrected chi connectivity index (χ3v) is 3.36. The van der Waals surface area contributed by atoms with Gasteiger partial charge in [0, 0.05) is 0 Å². The van der Waals surface area contributed by atoms with Gasteiger partial charge in [0.15, 0.2) is 0 Å². The van der Waals surface area contributed by atoms with Crippen molar-refractivity contribution in [2.24, 2.45) is 0 Å². The fraction of sp³-hybridized carbons (Fsp3) is 0.133. The zero-order valence-corrected chi connectivity index (χ0v) is 11.1. The molecule has 0 unspecified atom stereocenters. The Morgan fingerprint density at radius 2 is 1.73 bits per heavy atom. The molecule has 22 heavy (non-hydrogen) atoms. The average molecular weight is 310 g/mol. The highest BCUT2D eigenvalue weighted by molar-refractivity contribution is 5.76. The molecule has 2 aromatic carbocycles. The monoisotopic (exact) mass is 310 g/mol. The van der Waals surface area contributed by atoms with E-state index in [4.69, 9.17) is 0 Å². The lowest BCUT2D eigenvalue weighted by molar-refractivity contribution is -0.137. The molecule has 0 saturated heterocycles. The summed E-state index contributed by atoms with van der Waals surface area (Å²) in [6.45, 7) is 0.0560. The number of halogens is 4. The summed E-state index contributed by atoms with van der Waals surface area (Å²) in [6, 6.07) is 8.49. The van der Waals surface area contributed by atoms with Gasteiger partial charge in [-0.25, -0.2) is 9.18 Å². The van der Waals surface area contributed by atoms with Crippen molar-refractivity contribution >= 4 is 11.0 Å². The van der Waals surface area contributed by atoms with Gasteiger partial charge in [-0.05, 0) is 35.9 Å². The molecule has 0 bridgehead atoms. The molecule has 7 heteroatoms. The molecule has 0 saturated carbocycles. The van der Waals surface area contributed by atoms with Crippen LogP contribution in [0.4, 0.5) is 17.6 Å². The molecular formula is C15H10F4N2O. The highest BCUT2D eigenvalue weighted by Gasteiger charge is 2.31. The van der Waals surface area contributed by atoms with Crippen LogP contribution in [0.15, 0.2) is 47.3 Å². The van der Waals surface area contributed by atoms with Crippen molar-refractivity contribution in [3.63, 3.8) is 0 Å². The molecule has 0 spiro atoms. The molecule has 0 amide bonds. The Balaban J connectivity index is 2.10. The summed E-state index contributed by atoms with van der Waals surface area (Å²) in [4.78, 5) is 14.4. The number of hydrogen-bond donors (Lipinski definition) is 1. The summed E-state index contributed by atoms with van der Waals surface area (Å²) in [5.41, 5.74) is -0.253. The summed E-state index contributed by atoms with van der Waals surface area (Å²) < 4.78 is 52.4. The minimum atomic E-state index is -4.48. The zero-order chi connectivity index (χ0) is 15.9. The number of hydrogen-bond acceptors (Lipinski definition) is 1. The van der Waals surface area contributed by atoms with Crippen LogP contribution in [0.5, 0.6) is 0 Å².